The molecule has 1 heterocycles. The number of piperazine rings is 1. The lowest BCUT2D eigenvalue weighted by Crippen LogP contribution is -2.48. The number of Topliss-reactive ketones (excluding diaryl/α,β-unsaturated/α-hetero) is 1. The minimum Gasteiger partial charge on any atom is -0.337 e. The number of carbonyl (C=O) groups is 2. The summed E-state index contributed by atoms with van der Waals surface area (Å²) in [6.45, 7) is 7.28. The molecular weight excluding hydrogens is 220 g/mol. The summed E-state index contributed by atoms with van der Waals surface area (Å²) >= 11 is 0. The van der Waals surface area contributed by atoms with Crippen LogP contribution in [0.2, 0.25) is 0 Å². The molecule has 0 aliphatic carbocycles. The zero-order valence-corrected chi connectivity index (χ0v) is 10.7. The zero-order valence-electron chi connectivity index (χ0n) is 10.7. The van der Waals surface area contributed by atoms with Gasteiger partial charge < -0.3 is 15.5 Å². The molecule has 0 aromatic rings. The molecule has 0 radical (unpaired) electrons. The molecule has 2 N–H and O–H groups in total. The van der Waals surface area contributed by atoms with Gasteiger partial charge in [0.25, 0.3) is 0 Å². The van der Waals surface area contributed by atoms with Crippen molar-refractivity contribution in [3.05, 3.63) is 0 Å². The highest BCUT2D eigenvalue weighted by Gasteiger charge is 2.13. The van der Waals surface area contributed by atoms with E-state index in [4.69, 9.17) is 0 Å². The molecule has 0 saturated carbocycles. The molecule has 1 fully saturated rings. The van der Waals surface area contributed by atoms with Crippen molar-refractivity contribution in [2.45, 2.75) is 6.92 Å². The van der Waals surface area contributed by atoms with Crippen LogP contribution in [-0.4, -0.2) is 74.5 Å². The third-order valence-electron chi connectivity index (χ3n) is 2.81. The fraction of sp³-hybridized carbons (Fsp3) is 0.818. The minimum atomic E-state index is -0.269. The maximum absolute atomic E-state index is 11.2. The van der Waals surface area contributed by atoms with Gasteiger partial charge in [-0.3, -0.25) is 9.69 Å². The number of urea groups is 1. The first kappa shape index (κ1) is 13.9. The van der Waals surface area contributed by atoms with Gasteiger partial charge in [-0.15, -0.1) is 0 Å². The summed E-state index contributed by atoms with van der Waals surface area (Å²) < 4.78 is 0. The number of amides is 2. The van der Waals surface area contributed by atoms with Gasteiger partial charge in [-0.2, -0.15) is 0 Å². The van der Waals surface area contributed by atoms with E-state index in [0.29, 0.717) is 6.54 Å². The highest BCUT2D eigenvalue weighted by atomic mass is 16.2. The SMILES string of the molecule is CC(=O)CNC(=O)NCCN1CCN(C)CC1. The van der Waals surface area contributed by atoms with Crippen LogP contribution in [0.5, 0.6) is 0 Å². The lowest BCUT2D eigenvalue weighted by Gasteiger charge is -2.32. The van der Waals surface area contributed by atoms with Crippen molar-refractivity contribution in [3.8, 4) is 0 Å². The van der Waals surface area contributed by atoms with Gasteiger partial charge in [-0.05, 0) is 14.0 Å². The van der Waals surface area contributed by atoms with E-state index in [2.05, 4.69) is 27.5 Å². The number of ketones is 1. The molecule has 6 heteroatoms. The van der Waals surface area contributed by atoms with Crippen molar-refractivity contribution in [2.24, 2.45) is 0 Å². The molecule has 0 unspecified atom stereocenters. The second kappa shape index (κ2) is 7.24. The van der Waals surface area contributed by atoms with E-state index in [1.165, 1.54) is 6.92 Å². The number of hydrogen-bond acceptors (Lipinski definition) is 4. The second-order valence-electron chi connectivity index (χ2n) is 4.46. The maximum atomic E-state index is 11.2. The Kier molecular flexibility index (Phi) is 5.93. The van der Waals surface area contributed by atoms with Gasteiger partial charge in [0.05, 0.1) is 6.54 Å². The zero-order chi connectivity index (χ0) is 12.7. The summed E-state index contributed by atoms with van der Waals surface area (Å²) in [6.07, 6.45) is 0. The van der Waals surface area contributed by atoms with Gasteiger partial charge in [0.2, 0.25) is 0 Å². The van der Waals surface area contributed by atoms with E-state index >= 15 is 0 Å². The first-order chi connectivity index (χ1) is 8.08. The summed E-state index contributed by atoms with van der Waals surface area (Å²) in [7, 11) is 2.12. The Morgan fingerprint density at radius 2 is 1.76 bits per heavy atom. The third kappa shape index (κ3) is 6.23. The molecular formula is C11H22N4O2. The van der Waals surface area contributed by atoms with E-state index in [-0.39, 0.29) is 18.4 Å². The summed E-state index contributed by atoms with van der Waals surface area (Å²) in [4.78, 5) is 26.5. The molecule has 1 saturated heterocycles. The quantitative estimate of drug-likeness (QED) is 0.657. The Bertz CT molecular complexity index is 262. The van der Waals surface area contributed by atoms with Crippen LogP contribution >= 0.6 is 0 Å². The maximum Gasteiger partial charge on any atom is 0.315 e. The number of likely N-dealkylation sites (N-methyl/N-ethyl adjacent to an activating group) is 1. The van der Waals surface area contributed by atoms with Crippen LogP contribution in [0.4, 0.5) is 4.79 Å². The predicted molar refractivity (Wildman–Crippen MR) is 66.0 cm³/mol. The molecule has 98 valence electrons. The Hall–Kier alpha value is -1.14. The molecule has 0 bridgehead atoms. The van der Waals surface area contributed by atoms with Crippen LogP contribution in [0.25, 0.3) is 0 Å². The summed E-state index contributed by atoms with van der Waals surface area (Å²) in [5.74, 6) is -0.0424. The molecule has 0 aromatic heterocycles. The van der Waals surface area contributed by atoms with E-state index in [9.17, 15) is 9.59 Å². The number of nitrogens with zero attached hydrogens (tertiary/aromatic N) is 2. The minimum absolute atomic E-state index is 0.0424. The summed E-state index contributed by atoms with van der Waals surface area (Å²) in [5, 5.41) is 5.24. The molecule has 1 aliphatic heterocycles. The lowest BCUT2D eigenvalue weighted by atomic mass is 10.3. The highest BCUT2D eigenvalue weighted by Crippen LogP contribution is 1.97. The monoisotopic (exact) mass is 242 g/mol. The van der Waals surface area contributed by atoms with E-state index < -0.39 is 0 Å². The normalized spacial score (nSPS) is 17.8. The molecule has 0 atom stereocenters. The molecule has 2 amide bonds. The van der Waals surface area contributed by atoms with E-state index in [1.807, 2.05) is 0 Å². The van der Waals surface area contributed by atoms with Crippen LogP contribution in [0.1, 0.15) is 6.92 Å². The largest absolute Gasteiger partial charge is 0.337 e. The average molecular weight is 242 g/mol. The van der Waals surface area contributed by atoms with Gasteiger partial charge in [-0.25, -0.2) is 4.79 Å². The molecule has 0 spiro atoms. The fourth-order valence-electron chi connectivity index (χ4n) is 1.67. The Labute approximate surface area is 102 Å². The number of nitrogens with one attached hydrogen (secondary N) is 2. The molecule has 1 rings (SSSR count). The van der Waals surface area contributed by atoms with Gasteiger partial charge >= 0.3 is 6.03 Å². The number of rotatable bonds is 5. The Balaban J connectivity index is 2.03. The van der Waals surface area contributed by atoms with Gasteiger partial charge in [0.15, 0.2) is 0 Å². The average Bonchev–Trinajstić information content (AvgIpc) is 2.29. The number of carbonyl (C=O) groups excluding carboxylic acids is 2. The van der Waals surface area contributed by atoms with Crippen molar-refractivity contribution in [1.29, 1.82) is 0 Å². The topological polar surface area (TPSA) is 64.7 Å². The van der Waals surface area contributed by atoms with Crippen LogP contribution in [-0.2, 0) is 4.79 Å². The van der Waals surface area contributed by atoms with Crippen molar-refractivity contribution in [3.63, 3.8) is 0 Å². The van der Waals surface area contributed by atoms with Gasteiger partial charge in [0, 0.05) is 39.3 Å². The van der Waals surface area contributed by atoms with Crippen molar-refractivity contribution in [2.75, 3.05) is 52.9 Å². The van der Waals surface area contributed by atoms with Crippen LogP contribution < -0.4 is 10.6 Å². The standard InChI is InChI=1S/C11H22N4O2/c1-10(16)9-13-11(17)12-3-4-15-7-5-14(2)6-8-15/h3-9H2,1-2H3,(H2,12,13,17). The van der Waals surface area contributed by atoms with Crippen molar-refractivity contribution < 1.29 is 9.59 Å². The third-order valence-corrected chi connectivity index (χ3v) is 2.81. The molecule has 6 nitrogen and oxygen atoms in total. The van der Waals surface area contributed by atoms with Crippen LogP contribution in [0.3, 0.4) is 0 Å². The fourth-order valence-corrected chi connectivity index (χ4v) is 1.67. The summed E-state index contributed by atoms with van der Waals surface area (Å²) in [6, 6.07) is -0.269. The predicted octanol–water partition coefficient (Wildman–Crippen LogP) is -0.878. The summed E-state index contributed by atoms with van der Waals surface area (Å²) in [5.41, 5.74) is 0. The van der Waals surface area contributed by atoms with Gasteiger partial charge in [-0.1, -0.05) is 0 Å². The van der Waals surface area contributed by atoms with E-state index in [0.717, 1.165) is 32.7 Å². The van der Waals surface area contributed by atoms with Crippen LogP contribution in [0.15, 0.2) is 0 Å². The smallest absolute Gasteiger partial charge is 0.315 e. The second-order valence-corrected chi connectivity index (χ2v) is 4.46. The number of hydrogen-bond donors (Lipinski definition) is 2. The highest BCUT2D eigenvalue weighted by molar-refractivity contribution is 5.83. The van der Waals surface area contributed by atoms with Crippen molar-refractivity contribution >= 4 is 11.8 Å². The molecule has 0 aromatic carbocycles. The first-order valence-electron chi connectivity index (χ1n) is 6.00. The van der Waals surface area contributed by atoms with Crippen LogP contribution in [0, 0.1) is 0 Å². The molecule has 1 aliphatic rings. The Morgan fingerprint density at radius 3 is 2.35 bits per heavy atom. The van der Waals surface area contributed by atoms with E-state index in [1.54, 1.807) is 0 Å². The lowest BCUT2D eigenvalue weighted by molar-refractivity contribution is -0.116. The van der Waals surface area contributed by atoms with Crippen molar-refractivity contribution in [1.82, 2.24) is 20.4 Å². The molecule has 17 heavy (non-hydrogen) atoms. The van der Waals surface area contributed by atoms with Gasteiger partial charge in [0.1, 0.15) is 5.78 Å². The first-order valence-corrected chi connectivity index (χ1v) is 6.00. The Morgan fingerprint density at radius 1 is 1.12 bits per heavy atom.